The van der Waals surface area contributed by atoms with E-state index in [1.807, 2.05) is 19.1 Å². The molecule has 0 aromatic heterocycles. The van der Waals surface area contributed by atoms with Crippen LogP contribution in [0.3, 0.4) is 0 Å². The lowest BCUT2D eigenvalue weighted by molar-refractivity contribution is 0.241. The summed E-state index contributed by atoms with van der Waals surface area (Å²) in [5.74, 6) is -0.519. The molecule has 2 aromatic rings. The fourth-order valence-corrected chi connectivity index (χ4v) is 5.83. The summed E-state index contributed by atoms with van der Waals surface area (Å²) >= 11 is 0. The summed E-state index contributed by atoms with van der Waals surface area (Å²) in [5, 5.41) is 6.74. The van der Waals surface area contributed by atoms with Crippen LogP contribution in [-0.4, -0.2) is 50.3 Å². The highest BCUT2D eigenvalue weighted by Crippen LogP contribution is 2.29. The summed E-state index contributed by atoms with van der Waals surface area (Å²) in [7, 11) is -3.56. The Morgan fingerprint density at radius 3 is 2.30 bits per heavy atom. The first-order chi connectivity index (χ1) is 15.3. The van der Waals surface area contributed by atoms with E-state index in [1.54, 1.807) is 12.1 Å². The average molecular weight is 499 g/mol. The summed E-state index contributed by atoms with van der Waals surface area (Å²) in [6.07, 6.45) is 1.97. The molecule has 2 heterocycles. The molecule has 0 atom stereocenters. The number of sulfonamides is 1. The minimum atomic E-state index is -3.56. The summed E-state index contributed by atoms with van der Waals surface area (Å²) in [4.78, 5) is 4.93. The van der Waals surface area contributed by atoms with Crippen molar-refractivity contribution in [1.82, 2.24) is 14.9 Å². The van der Waals surface area contributed by atoms with Gasteiger partial charge in [-0.05, 0) is 54.7 Å². The van der Waals surface area contributed by atoms with Crippen LogP contribution in [0, 0.1) is 11.6 Å². The number of nitrogens with zero attached hydrogens (tertiary/aromatic N) is 2. The predicted molar refractivity (Wildman–Crippen MR) is 127 cm³/mol. The highest BCUT2D eigenvalue weighted by atomic mass is 35.5. The zero-order valence-electron chi connectivity index (χ0n) is 18.5. The summed E-state index contributed by atoms with van der Waals surface area (Å²) in [6, 6.07) is 10.5. The lowest BCUT2D eigenvalue weighted by atomic mass is 9.85. The van der Waals surface area contributed by atoms with Gasteiger partial charge >= 0.3 is 0 Å². The van der Waals surface area contributed by atoms with Crippen LogP contribution >= 0.6 is 12.4 Å². The Morgan fingerprint density at radius 2 is 1.70 bits per heavy atom. The second-order valence-electron chi connectivity index (χ2n) is 8.27. The number of hydrogen-bond donors (Lipinski definition) is 2. The Labute approximate surface area is 199 Å². The molecule has 6 nitrogen and oxygen atoms in total. The van der Waals surface area contributed by atoms with Crippen LogP contribution in [0.25, 0.3) is 0 Å². The van der Waals surface area contributed by atoms with E-state index in [4.69, 9.17) is 0 Å². The van der Waals surface area contributed by atoms with E-state index in [1.165, 1.54) is 16.4 Å². The minimum absolute atomic E-state index is 0. The normalized spacial score (nSPS) is 18.5. The van der Waals surface area contributed by atoms with Crippen LogP contribution in [0.4, 0.5) is 8.78 Å². The largest absolute Gasteiger partial charge is 0.368 e. The van der Waals surface area contributed by atoms with Gasteiger partial charge in [-0.3, -0.25) is 4.99 Å². The van der Waals surface area contributed by atoms with E-state index in [9.17, 15) is 17.2 Å². The van der Waals surface area contributed by atoms with Crippen LogP contribution in [-0.2, 0) is 23.0 Å². The third-order valence-electron chi connectivity index (χ3n) is 6.23. The Bertz CT molecular complexity index is 1080. The van der Waals surface area contributed by atoms with Gasteiger partial charge < -0.3 is 10.6 Å². The third-order valence-corrected chi connectivity index (χ3v) is 8.14. The lowest BCUT2D eigenvalue weighted by Crippen LogP contribution is -2.64. The molecule has 0 aliphatic carbocycles. The SMILES string of the molecule is CCc1ccc(S(=O)(=O)N2CCC3(CC2)NCCN=C3NCc2cc(F)cc(F)c2)cc1.Cl. The molecule has 1 fully saturated rings. The van der Waals surface area contributed by atoms with Crippen molar-refractivity contribution < 1.29 is 17.2 Å². The number of aliphatic imine (C=N–C) groups is 1. The van der Waals surface area contributed by atoms with Gasteiger partial charge in [0.1, 0.15) is 17.5 Å². The number of benzene rings is 2. The zero-order chi connectivity index (χ0) is 22.8. The summed E-state index contributed by atoms with van der Waals surface area (Å²) in [6.45, 7) is 4.28. The molecule has 180 valence electrons. The van der Waals surface area contributed by atoms with Crippen molar-refractivity contribution in [2.75, 3.05) is 26.2 Å². The van der Waals surface area contributed by atoms with Crippen molar-refractivity contribution in [3.8, 4) is 0 Å². The van der Waals surface area contributed by atoms with Gasteiger partial charge in [-0.2, -0.15) is 4.31 Å². The predicted octanol–water partition coefficient (Wildman–Crippen LogP) is 3.26. The Balaban J connectivity index is 0.00000306. The maximum Gasteiger partial charge on any atom is 0.243 e. The maximum absolute atomic E-state index is 13.5. The van der Waals surface area contributed by atoms with Gasteiger partial charge in [-0.25, -0.2) is 17.2 Å². The first-order valence-electron chi connectivity index (χ1n) is 10.9. The van der Waals surface area contributed by atoms with Crippen LogP contribution in [0.15, 0.2) is 52.4 Å². The van der Waals surface area contributed by atoms with E-state index in [0.717, 1.165) is 23.9 Å². The number of halogens is 3. The van der Waals surface area contributed by atoms with Gasteiger partial charge in [0.05, 0.1) is 17.0 Å². The average Bonchev–Trinajstić information content (AvgIpc) is 2.78. The van der Waals surface area contributed by atoms with Gasteiger partial charge in [0.2, 0.25) is 10.0 Å². The highest BCUT2D eigenvalue weighted by molar-refractivity contribution is 7.89. The number of nitrogens with one attached hydrogen (secondary N) is 2. The van der Waals surface area contributed by atoms with Crippen molar-refractivity contribution in [3.05, 3.63) is 65.2 Å². The molecule has 33 heavy (non-hydrogen) atoms. The van der Waals surface area contributed by atoms with Crippen LogP contribution in [0.5, 0.6) is 0 Å². The number of aryl methyl sites for hydroxylation is 1. The molecule has 0 unspecified atom stereocenters. The monoisotopic (exact) mass is 498 g/mol. The fourth-order valence-electron chi connectivity index (χ4n) is 4.39. The van der Waals surface area contributed by atoms with Crippen molar-refractivity contribution >= 4 is 28.3 Å². The summed E-state index contributed by atoms with van der Waals surface area (Å²) < 4.78 is 54.7. The smallest absolute Gasteiger partial charge is 0.243 e. The maximum atomic E-state index is 13.5. The molecule has 2 N–H and O–H groups in total. The van der Waals surface area contributed by atoms with E-state index in [-0.39, 0.29) is 19.0 Å². The molecule has 2 aliphatic heterocycles. The minimum Gasteiger partial charge on any atom is -0.368 e. The molecule has 0 amide bonds. The van der Waals surface area contributed by atoms with E-state index in [0.29, 0.717) is 49.5 Å². The van der Waals surface area contributed by atoms with Crippen molar-refractivity contribution in [2.45, 2.75) is 43.2 Å². The second kappa shape index (κ2) is 10.5. The van der Waals surface area contributed by atoms with Gasteiger partial charge in [0.15, 0.2) is 0 Å². The number of piperidine rings is 1. The van der Waals surface area contributed by atoms with Gasteiger partial charge in [-0.15, -0.1) is 12.4 Å². The molecule has 10 heteroatoms. The van der Waals surface area contributed by atoms with E-state index < -0.39 is 27.2 Å². The Morgan fingerprint density at radius 1 is 1.06 bits per heavy atom. The second-order valence-corrected chi connectivity index (χ2v) is 10.2. The van der Waals surface area contributed by atoms with Gasteiger partial charge in [0.25, 0.3) is 0 Å². The third kappa shape index (κ3) is 5.54. The topological polar surface area (TPSA) is 73.8 Å². The molecule has 1 spiro atoms. The van der Waals surface area contributed by atoms with Crippen LogP contribution < -0.4 is 10.6 Å². The number of rotatable bonds is 5. The molecule has 2 aliphatic rings. The van der Waals surface area contributed by atoms with Gasteiger partial charge in [0, 0.05) is 32.2 Å². The van der Waals surface area contributed by atoms with Crippen LogP contribution in [0.1, 0.15) is 30.9 Å². The molecular weight excluding hydrogens is 470 g/mol. The van der Waals surface area contributed by atoms with Crippen molar-refractivity contribution in [3.63, 3.8) is 0 Å². The molecule has 0 saturated carbocycles. The van der Waals surface area contributed by atoms with Crippen LogP contribution in [0.2, 0.25) is 0 Å². The Kier molecular flexibility index (Phi) is 8.10. The molecule has 4 rings (SSSR count). The highest BCUT2D eigenvalue weighted by Gasteiger charge is 2.43. The quantitative estimate of drug-likeness (QED) is 0.663. The van der Waals surface area contributed by atoms with E-state index in [2.05, 4.69) is 15.6 Å². The zero-order valence-corrected chi connectivity index (χ0v) is 20.1. The van der Waals surface area contributed by atoms with Crippen molar-refractivity contribution in [1.29, 1.82) is 0 Å². The molecule has 2 aromatic carbocycles. The van der Waals surface area contributed by atoms with E-state index >= 15 is 0 Å². The van der Waals surface area contributed by atoms with Gasteiger partial charge in [-0.1, -0.05) is 19.1 Å². The van der Waals surface area contributed by atoms with Crippen molar-refractivity contribution in [2.24, 2.45) is 4.99 Å². The lowest BCUT2D eigenvalue weighted by Gasteiger charge is -2.44. The summed E-state index contributed by atoms with van der Waals surface area (Å²) in [5.41, 5.74) is 1.11. The standard InChI is InChI=1S/C23H28F2N4O2S.ClH/c1-2-17-3-5-21(6-4-17)32(30,31)29-11-7-23(8-12-29)22(26-9-10-28-23)27-16-18-13-19(24)15-20(25)14-18;/h3-6,13-15,28H,2,7-12,16H2,1H3,(H,26,27);1H. The first kappa shape index (κ1) is 25.6. The molecule has 0 radical (unpaired) electrons. The number of amidine groups is 1. The fraction of sp³-hybridized carbons (Fsp3) is 0.435. The Hall–Kier alpha value is -2.07. The molecular formula is C23H29ClF2N4O2S. The molecule has 0 bridgehead atoms. The number of hydrogen-bond acceptors (Lipinski definition) is 5. The molecule has 1 saturated heterocycles. The first-order valence-corrected chi connectivity index (χ1v) is 12.3.